The summed E-state index contributed by atoms with van der Waals surface area (Å²) in [6.45, 7) is 6.17. The number of rotatable bonds is 8. The van der Waals surface area contributed by atoms with Gasteiger partial charge in [-0.3, -0.25) is 9.59 Å². The third kappa shape index (κ3) is 4.46. The summed E-state index contributed by atoms with van der Waals surface area (Å²) in [5.41, 5.74) is -0.141. The van der Waals surface area contributed by atoms with E-state index in [9.17, 15) is 14.7 Å². The number of aliphatic hydroxyl groups is 1. The summed E-state index contributed by atoms with van der Waals surface area (Å²) in [4.78, 5) is 26.3. The van der Waals surface area contributed by atoms with Crippen LogP contribution in [0.4, 0.5) is 5.69 Å². The molecule has 0 bridgehead atoms. The van der Waals surface area contributed by atoms with Crippen molar-refractivity contribution in [2.75, 3.05) is 18.0 Å². The smallest absolute Gasteiger partial charge is 0.268 e. The van der Waals surface area contributed by atoms with Crippen molar-refractivity contribution in [2.24, 2.45) is 0 Å². The van der Waals surface area contributed by atoms with Crippen molar-refractivity contribution in [3.05, 3.63) is 54.6 Å². The monoisotopic (exact) mass is 355 g/mol. The lowest BCUT2D eigenvalue weighted by molar-refractivity contribution is -0.149. The van der Waals surface area contributed by atoms with E-state index >= 15 is 0 Å². The van der Waals surface area contributed by atoms with Gasteiger partial charge in [0.15, 0.2) is 0 Å². The van der Waals surface area contributed by atoms with Gasteiger partial charge in [0.1, 0.15) is 0 Å². The Kier molecular flexibility index (Phi) is 6.46. The number of amides is 2. The third-order valence-electron chi connectivity index (χ3n) is 4.36. The van der Waals surface area contributed by atoms with E-state index in [1.54, 1.807) is 30.3 Å². The van der Waals surface area contributed by atoms with E-state index in [4.69, 9.17) is 5.41 Å². The predicted molar refractivity (Wildman–Crippen MR) is 102 cm³/mol. The van der Waals surface area contributed by atoms with Gasteiger partial charge in [0, 0.05) is 37.3 Å². The second-order valence-electron chi connectivity index (χ2n) is 6.31. The summed E-state index contributed by atoms with van der Waals surface area (Å²) >= 11 is 0. The molecule has 26 heavy (non-hydrogen) atoms. The van der Waals surface area contributed by atoms with Crippen LogP contribution in [0.3, 0.4) is 0 Å². The Labute approximate surface area is 153 Å². The summed E-state index contributed by atoms with van der Waals surface area (Å²) in [6.07, 6.45) is 4.83. The number of nitrogens with one attached hydrogen (secondary N) is 2. The predicted octanol–water partition coefficient (Wildman–Crippen LogP) is 2.20. The van der Waals surface area contributed by atoms with Crippen LogP contribution in [0, 0.1) is 5.41 Å². The van der Waals surface area contributed by atoms with Gasteiger partial charge < -0.3 is 20.7 Å². The Bertz CT molecular complexity index is 727. The minimum absolute atomic E-state index is 0.0442. The number of hydrogen-bond donors (Lipinski definition) is 3. The molecule has 1 aromatic carbocycles. The van der Waals surface area contributed by atoms with Gasteiger partial charge in [0.2, 0.25) is 5.60 Å². The lowest BCUT2D eigenvalue weighted by atomic mass is 10.0. The Morgan fingerprint density at radius 3 is 2.77 bits per heavy atom. The summed E-state index contributed by atoms with van der Waals surface area (Å²) in [6, 6.07) is 8.97. The number of carbonyl (C=O) groups is 2. The number of nitrogens with zero attached hydrogens (tertiary/aromatic N) is 1. The minimum Gasteiger partial charge on any atom is -0.372 e. The number of allylic oxidation sites excluding steroid dienone is 1. The van der Waals surface area contributed by atoms with Crippen LogP contribution in [0.25, 0.3) is 0 Å². The fraction of sp³-hybridized carbons (Fsp3) is 0.350. The van der Waals surface area contributed by atoms with Crippen LogP contribution in [0.2, 0.25) is 0 Å². The van der Waals surface area contributed by atoms with Gasteiger partial charge in [-0.2, -0.15) is 0 Å². The lowest BCUT2D eigenvalue weighted by Gasteiger charge is -2.21. The first-order valence-electron chi connectivity index (χ1n) is 8.66. The molecule has 138 valence electrons. The first-order chi connectivity index (χ1) is 12.4. The standard InChI is InChI=1S/C20H25N3O3/c1-3-16(21)9-7-8-15(2)14-22-18(24)20(26)12-13-23(19(20)25)17-10-5-4-6-11-17/h4-8,10-11,21,26H,2-3,9,12-14H2,1H3,(H,22,24)/b8-7-,21-16?. The van der Waals surface area contributed by atoms with Crippen LogP contribution < -0.4 is 10.2 Å². The number of benzene rings is 1. The SMILES string of the molecule is C=C(/C=C\CC(=N)CC)CNC(=O)C1(O)CCN(c2ccccc2)C1=O. The summed E-state index contributed by atoms with van der Waals surface area (Å²) in [5, 5.41) is 20.7. The summed E-state index contributed by atoms with van der Waals surface area (Å²) in [5.74, 6) is -1.32. The molecule has 1 saturated heterocycles. The first kappa shape index (κ1) is 19.6. The van der Waals surface area contributed by atoms with Crippen LogP contribution in [0.5, 0.6) is 0 Å². The molecule has 0 aromatic heterocycles. The zero-order valence-corrected chi connectivity index (χ0v) is 15.0. The van der Waals surface area contributed by atoms with E-state index in [1.807, 2.05) is 19.1 Å². The summed E-state index contributed by atoms with van der Waals surface area (Å²) < 4.78 is 0. The van der Waals surface area contributed by atoms with Crippen LogP contribution in [-0.2, 0) is 9.59 Å². The van der Waals surface area contributed by atoms with Crippen LogP contribution in [-0.4, -0.2) is 41.3 Å². The average molecular weight is 355 g/mol. The van der Waals surface area contributed by atoms with E-state index < -0.39 is 17.4 Å². The molecular formula is C20H25N3O3. The highest BCUT2D eigenvalue weighted by Gasteiger charge is 2.51. The van der Waals surface area contributed by atoms with Crippen LogP contribution in [0.15, 0.2) is 54.6 Å². The molecule has 1 aliphatic heterocycles. The van der Waals surface area contributed by atoms with Crippen LogP contribution in [0.1, 0.15) is 26.2 Å². The molecule has 1 unspecified atom stereocenters. The van der Waals surface area contributed by atoms with Gasteiger partial charge in [0.05, 0.1) is 0 Å². The van der Waals surface area contributed by atoms with E-state index in [0.29, 0.717) is 29.8 Å². The Morgan fingerprint density at radius 2 is 2.12 bits per heavy atom. The van der Waals surface area contributed by atoms with Gasteiger partial charge in [0.25, 0.3) is 11.8 Å². The van der Waals surface area contributed by atoms with Crippen molar-refractivity contribution >= 4 is 23.2 Å². The number of hydrogen-bond acceptors (Lipinski definition) is 4. The molecule has 0 spiro atoms. The van der Waals surface area contributed by atoms with Gasteiger partial charge in [-0.25, -0.2) is 0 Å². The summed E-state index contributed by atoms with van der Waals surface area (Å²) in [7, 11) is 0. The van der Waals surface area contributed by atoms with Crippen molar-refractivity contribution in [3.8, 4) is 0 Å². The van der Waals surface area contributed by atoms with Gasteiger partial charge in [-0.15, -0.1) is 0 Å². The molecule has 1 heterocycles. The van der Waals surface area contributed by atoms with E-state index in [-0.39, 0.29) is 19.5 Å². The second kappa shape index (κ2) is 8.58. The van der Waals surface area contributed by atoms with E-state index in [1.165, 1.54) is 4.90 Å². The molecule has 1 fully saturated rings. The topological polar surface area (TPSA) is 93.5 Å². The number of carbonyl (C=O) groups excluding carboxylic acids is 2. The molecule has 6 heteroatoms. The first-order valence-corrected chi connectivity index (χ1v) is 8.66. The Balaban J connectivity index is 1.92. The molecule has 1 atom stereocenters. The lowest BCUT2D eigenvalue weighted by Crippen LogP contribution is -2.52. The van der Waals surface area contributed by atoms with Crippen molar-refractivity contribution in [1.82, 2.24) is 5.32 Å². The fourth-order valence-electron chi connectivity index (χ4n) is 2.68. The maximum Gasteiger partial charge on any atom is 0.268 e. The maximum absolute atomic E-state index is 12.5. The minimum atomic E-state index is -2.05. The van der Waals surface area contributed by atoms with Gasteiger partial charge in [-0.05, 0) is 24.1 Å². The largest absolute Gasteiger partial charge is 0.372 e. The van der Waals surface area contributed by atoms with E-state index in [0.717, 1.165) is 0 Å². The quantitative estimate of drug-likeness (QED) is 0.379. The van der Waals surface area contributed by atoms with Gasteiger partial charge in [-0.1, -0.05) is 43.9 Å². The highest BCUT2D eigenvalue weighted by atomic mass is 16.3. The number of para-hydroxylation sites is 1. The zero-order valence-electron chi connectivity index (χ0n) is 15.0. The molecule has 1 aromatic rings. The average Bonchev–Trinajstić information content (AvgIpc) is 2.96. The molecule has 2 amide bonds. The van der Waals surface area contributed by atoms with Crippen molar-refractivity contribution in [2.45, 2.75) is 31.8 Å². The molecule has 6 nitrogen and oxygen atoms in total. The van der Waals surface area contributed by atoms with Crippen molar-refractivity contribution in [3.63, 3.8) is 0 Å². The maximum atomic E-state index is 12.5. The number of anilines is 1. The second-order valence-corrected chi connectivity index (χ2v) is 6.31. The highest BCUT2D eigenvalue weighted by Crippen LogP contribution is 2.28. The molecule has 3 N–H and O–H groups in total. The molecule has 0 radical (unpaired) electrons. The Hall–Kier alpha value is -2.73. The zero-order chi connectivity index (χ0) is 19.2. The molecular weight excluding hydrogens is 330 g/mol. The normalized spacial score (nSPS) is 19.8. The van der Waals surface area contributed by atoms with E-state index in [2.05, 4.69) is 11.9 Å². The molecule has 0 aliphatic carbocycles. The molecule has 1 aliphatic rings. The van der Waals surface area contributed by atoms with Crippen molar-refractivity contribution < 1.29 is 14.7 Å². The van der Waals surface area contributed by atoms with Gasteiger partial charge >= 0.3 is 0 Å². The molecule has 2 rings (SSSR count). The highest BCUT2D eigenvalue weighted by molar-refractivity contribution is 6.16. The van der Waals surface area contributed by atoms with Crippen LogP contribution >= 0.6 is 0 Å². The molecule has 0 saturated carbocycles. The van der Waals surface area contributed by atoms with Crippen molar-refractivity contribution in [1.29, 1.82) is 5.41 Å². The third-order valence-corrected chi connectivity index (χ3v) is 4.36. The fourth-order valence-corrected chi connectivity index (χ4v) is 2.68. The Morgan fingerprint density at radius 1 is 1.42 bits per heavy atom.